The summed E-state index contributed by atoms with van der Waals surface area (Å²) in [6, 6.07) is 6.99. The van der Waals surface area contributed by atoms with Crippen LogP contribution in [0.4, 0.5) is 5.69 Å². The quantitative estimate of drug-likeness (QED) is 0.839. The Hall–Kier alpha value is -1.89. The van der Waals surface area contributed by atoms with Gasteiger partial charge in [0.2, 0.25) is 0 Å². The Bertz CT molecular complexity index is 638. The van der Waals surface area contributed by atoms with Gasteiger partial charge in [0.1, 0.15) is 0 Å². The van der Waals surface area contributed by atoms with E-state index in [1.165, 1.54) is 0 Å². The molecule has 6 nitrogen and oxygen atoms in total. The van der Waals surface area contributed by atoms with Crippen molar-refractivity contribution in [2.45, 2.75) is 24.8 Å². The lowest BCUT2D eigenvalue weighted by Crippen LogP contribution is -2.14. The molecule has 0 fully saturated rings. The molecule has 1 aromatic heterocycles. The molecular weight excluding hydrogens is 276 g/mol. The Morgan fingerprint density at radius 2 is 2.10 bits per heavy atom. The highest BCUT2D eigenvalue weighted by Gasteiger charge is 2.16. The smallest absolute Gasteiger partial charge is 0.180 e. The molecule has 0 saturated heterocycles. The van der Waals surface area contributed by atoms with Crippen LogP contribution in [0.5, 0.6) is 0 Å². The molecule has 0 saturated carbocycles. The van der Waals surface area contributed by atoms with Crippen molar-refractivity contribution in [2.75, 3.05) is 17.6 Å². The van der Waals surface area contributed by atoms with E-state index >= 15 is 0 Å². The van der Waals surface area contributed by atoms with Gasteiger partial charge in [-0.25, -0.2) is 8.42 Å². The van der Waals surface area contributed by atoms with Gasteiger partial charge >= 0.3 is 0 Å². The summed E-state index contributed by atoms with van der Waals surface area (Å²) in [5.41, 5.74) is 0.640. The molecule has 7 heteroatoms. The van der Waals surface area contributed by atoms with Crippen molar-refractivity contribution in [3.8, 4) is 0 Å². The molecule has 0 aliphatic heterocycles. The number of rotatable bonds is 7. The summed E-state index contributed by atoms with van der Waals surface area (Å²) < 4.78 is 26.0. The lowest BCUT2D eigenvalue weighted by Gasteiger charge is -2.12. The van der Waals surface area contributed by atoms with E-state index in [1.807, 2.05) is 13.0 Å². The SMILES string of the molecule is CCCS(=O)(=O)c1ccccc1NCCn1ccnn1. The molecule has 1 aromatic carbocycles. The zero-order valence-electron chi connectivity index (χ0n) is 11.4. The second-order valence-corrected chi connectivity index (χ2v) is 6.49. The number of aromatic nitrogens is 3. The van der Waals surface area contributed by atoms with Gasteiger partial charge in [-0.1, -0.05) is 24.3 Å². The van der Waals surface area contributed by atoms with Crippen LogP contribution in [0.15, 0.2) is 41.6 Å². The summed E-state index contributed by atoms with van der Waals surface area (Å²) in [5.74, 6) is 0.161. The Kier molecular flexibility index (Phi) is 4.73. The third-order valence-corrected chi connectivity index (χ3v) is 4.80. The standard InChI is InChI=1S/C13H18N4O2S/c1-2-11-20(18,19)13-6-4-3-5-12(13)14-7-9-17-10-8-15-16-17/h3-6,8,10,14H,2,7,9,11H2,1H3. The third-order valence-electron chi connectivity index (χ3n) is 2.82. The van der Waals surface area contributed by atoms with Crippen molar-refractivity contribution in [1.82, 2.24) is 15.0 Å². The summed E-state index contributed by atoms with van der Waals surface area (Å²) in [4.78, 5) is 0.362. The minimum atomic E-state index is -3.22. The predicted molar refractivity (Wildman–Crippen MR) is 77.3 cm³/mol. The number of nitrogens with zero attached hydrogens (tertiary/aromatic N) is 3. The van der Waals surface area contributed by atoms with Crippen molar-refractivity contribution < 1.29 is 8.42 Å². The molecule has 0 spiro atoms. The highest BCUT2D eigenvalue weighted by atomic mass is 32.2. The molecule has 0 radical (unpaired) electrons. The first kappa shape index (κ1) is 14.5. The summed E-state index contributed by atoms with van der Waals surface area (Å²) in [5, 5.41) is 10.7. The summed E-state index contributed by atoms with van der Waals surface area (Å²) in [6.07, 6.45) is 3.98. The average Bonchev–Trinajstić information content (AvgIpc) is 2.92. The largest absolute Gasteiger partial charge is 0.382 e. The third kappa shape index (κ3) is 3.57. The summed E-state index contributed by atoms with van der Waals surface area (Å²) in [6.45, 7) is 3.07. The Balaban J connectivity index is 2.08. The molecule has 0 bridgehead atoms. The second-order valence-electron chi connectivity index (χ2n) is 4.41. The average molecular weight is 294 g/mol. The van der Waals surface area contributed by atoms with Gasteiger partial charge in [0.25, 0.3) is 0 Å². The molecule has 1 N–H and O–H groups in total. The fourth-order valence-electron chi connectivity index (χ4n) is 1.92. The lowest BCUT2D eigenvalue weighted by molar-refractivity contribution is 0.594. The summed E-state index contributed by atoms with van der Waals surface area (Å²) in [7, 11) is -3.22. The molecule has 0 atom stereocenters. The molecule has 1 heterocycles. The van der Waals surface area contributed by atoms with Crippen LogP contribution in [0.1, 0.15) is 13.3 Å². The minimum Gasteiger partial charge on any atom is -0.382 e. The van der Waals surface area contributed by atoms with E-state index in [0.29, 0.717) is 30.1 Å². The van der Waals surface area contributed by atoms with E-state index in [4.69, 9.17) is 0 Å². The number of hydrogen-bond donors (Lipinski definition) is 1. The number of hydrogen-bond acceptors (Lipinski definition) is 5. The van der Waals surface area contributed by atoms with Crippen LogP contribution < -0.4 is 5.32 Å². The van der Waals surface area contributed by atoms with E-state index in [-0.39, 0.29) is 5.75 Å². The lowest BCUT2D eigenvalue weighted by atomic mass is 10.3. The molecule has 0 aliphatic carbocycles. The van der Waals surface area contributed by atoms with Crippen molar-refractivity contribution in [3.05, 3.63) is 36.7 Å². The van der Waals surface area contributed by atoms with Crippen LogP contribution in [0, 0.1) is 0 Å². The van der Waals surface area contributed by atoms with Gasteiger partial charge in [-0.3, -0.25) is 4.68 Å². The fraction of sp³-hybridized carbons (Fsp3) is 0.385. The first-order chi connectivity index (χ1) is 9.63. The number of sulfone groups is 1. The van der Waals surface area contributed by atoms with E-state index in [2.05, 4.69) is 15.6 Å². The number of benzene rings is 1. The molecule has 2 rings (SSSR count). The van der Waals surface area contributed by atoms with Crippen LogP contribution in [0.2, 0.25) is 0 Å². The predicted octanol–water partition coefficient (Wildman–Crippen LogP) is 1.57. The Morgan fingerprint density at radius 1 is 1.30 bits per heavy atom. The van der Waals surface area contributed by atoms with Crippen LogP contribution in [0.25, 0.3) is 0 Å². The zero-order chi connectivity index (χ0) is 14.4. The van der Waals surface area contributed by atoms with Crippen molar-refractivity contribution in [2.24, 2.45) is 0 Å². The van der Waals surface area contributed by atoms with Crippen molar-refractivity contribution >= 4 is 15.5 Å². The van der Waals surface area contributed by atoms with Gasteiger partial charge in [0.15, 0.2) is 9.84 Å². The number of anilines is 1. The van der Waals surface area contributed by atoms with Gasteiger partial charge in [-0.15, -0.1) is 5.10 Å². The van der Waals surface area contributed by atoms with Crippen LogP contribution in [0.3, 0.4) is 0 Å². The molecule has 0 aliphatic rings. The fourth-order valence-corrected chi connectivity index (χ4v) is 3.44. The topological polar surface area (TPSA) is 76.9 Å². The maximum atomic E-state index is 12.2. The van der Waals surface area contributed by atoms with E-state index in [9.17, 15) is 8.42 Å². The van der Waals surface area contributed by atoms with Crippen molar-refractivity contribution in [1.29, 1.82) is 0 Å². The number of para-hydroxylation sites is 1. The first-order valence-electron chi connectivity index (χ1n) is 6.53. The normalized spacial score (nSPS) is 11.4. The maximum Gasteiger partial charge on any atom is 0.180 e. The molecule has 20 heavy (non-hydrogen) atoms. The maximum absolute atomic E-state index is 12.2. The van der Waals surface area contributed by atoms with Crippen LogP contribution >= 0.6 is 0 Å². The van der Waals surface area contributed by atoms with E-state index < -0.39 is 9.84 Å². The zero-order valence-corrected chi connectivity index (χ0v) is 12.2. The molecule has 0 unspecified atom stereocenters. The highest BCUT2D eigenvalue weighted by Crippen LogP contribution is 2.22. The highest BCUT2D eigenvalue weighted by molar-refractivity contribution is 7.91. The van der Waals surface area contributed by atoms with Gasteiger partial charge in [-0.2, -0.15) is 0 Å². The Labute approximate surface area is 118 Å². The molecular formula is C13H18N4O2S. The van der Waals surface area contributed by atoms with E-state index in [0.717, 1.165) is 0 Å². The Morgan fingerprint density at radius 3 is 2.80 bits per heavy atom. The summed E-state index contributed by atoms with van der Waals surface area (Å²) >= 11 is 0. The molecule has 0 amide bonds. The first-order valence-corrected chi connectivity index (χ1v) is 8.18. The molecule has 2 aromatic rings. The van der Waals surface area contributed by atoms with Crippen LogP contribution in [-0.4, -0.2) is 35.7 Å². The number of nitrogens with one attached hydrogen (secondary N) is 1. The minimum absolute atomic E-state index is 0.161. The van der Waals surface area contributed by atoms with Crippen LogP contribution in [-0.2, 0) is 16.4 Å². The van der Waals surface area contributed by atoms with Gasteiger partial charge in [0, 0.05) is 12.7 Å². The van der Waals surface area contributed by atoms with Crippen molar-refractivity contribution in [3.63, 3.8) is 0 Å². The van der Waals surface area contributed by atoms with Gasteiger partial charge in [0.05, 0.1) is 29.1 Å². The van der Waals surface area contributed by atoms with Gasteiger partial charge < -0.3 is 5.32 Å². The van der Waals surface area contributed by atoms with E-state index in [1.54, 1.807) is 35.3 Å². The molecule has 108 valence electrons. The van der Waals surface area contributed by atoms with Gasteiger partial charge in [-0.05, 0) is 18.6 Å². The second kappa shape index (κ2) is 6.51. The monoisotopic (exact) mass is 294 g/mol.